The van der Waals surface area contributed by atoms with Gasteiger partial charge in [0.05, 0.1) is 16.6 Å². The highest BCUT2D eigenvalue weighted by Crippen LogP contribution is 2.25. The smallest absolute Gasteiger partial charge is 0.148 e. The minimum Gasteiger partial charge on any atom is -0.280 e. The lowest BCUT2D eigenvalue weighted by Crippen LogP contribution is -2.02. The monoisotopic (exact) mass is 275 g/mol. The summed E-state index contributed by atoms with van der Waals surface area (Å²) in [6.07, 6.45) is 2.03. The zero-order chi connectivity index (χ0) is 14.4. The Bertz CT molecular complexity index is 966. The van der Waals surface area contributed by atoms with Gasteiger partial charge in [-0.05, 0) is 37.6 Å². The van der Waals surface area contributed by atoms with Gasteiger partial charge in [-0.3, -0.25) is 4.40 Å². The summed E-state index contributed by atoms with van der Waals surface area (Å²) in [5.74, 6) is 1.09. The van der Waals surface area contributed by atoms with Crippen molar-refractivity contribution in [2.24, 2.45) is 0 Å². The lowest BCUT2D eigenvalue weighted by Gasteiger charge is -2.08. The van der Waals surface area contributed by atoms with Gasteiger partial charge in [-0.1, -0.05) is 30.7 Å². The number of para-hydroxylation sites is 2. The topological polar surface area (TPSA) is 30.2 Å². The highest BCUT2D eigenvalue weighted by atomic mass is 15.1. The van der Waals surface area contributed by atoms with Crippen molar-refractivity contribution in [1.82, 2.24) is 14.4 Å². The summed E-state index contributed by atoms with van der Waals surface area (Å²) in [5.41, 5.74) is 5.47. The molecule has 0 bridgehead atoms. The number of imidazole rings is 1. The van der Waals surface area contributed by atoms with Crippen LogP contribution in [0.2, 0.25) is 0 Å². The Morgan fingerprint density at radius 3 is 2.71 bits per heavy atom. The summed E-state index contributed by atoms with van der Waals surface area (Å²) in [6.45, 7) is 4.30. The van der Waals surface area contributed by atoms with Gasteiger partial charge in [0, 0.05) is 11.8 Å². The summed E-state index contributed by atoms with van der Waals surface area (Å²) in [6, 6.07) is 14.7. The van der Waals surface area contributed by atoms with Crippen LogP contribution in [0.4, 0.5) is 0 Å². The predicted octanol–water partition coefficient (Wildman–Crippen LogP) is 4.30. The third-order valence-corrected chi connectivity index (χ3v) is 3.93. The third kappa shape index (κ3) is 1.81. The molecule has 0 saturated carbocycles. The molecule has 2 aromatic carbocycles. The summed E-state index contributed by atoms with van der Waals surface area (Å²) < 4.78 is 2.22. The molecule has 3 nitrogen and oxygen atoms in total. The van der Waals surface area contributed by atoms with Crippen molar-refractivity contribution in [1.29, 1.82) is 0 Å². The van der Waals surface area contributed by atoms with E-state index in [1.807, 2.05) is 6.07 Å². The van der Waals surface area contributed by atoms with E-state index in [1.54, 1.807) is 0 Å². The second-order valence-electron chi connectivity index (χ2n) is 5.56. The molecule has 104 valence electrons. The zero-order valence-corrected chi connectivity index (χ0v) is 12.3. The van der Waals surface area contributed by atoms with Crippen LogP contribution in [-0.2, 0) is 6.42 Å². The molecule has 0 unspecified atom stereocenters. The van der Waals surface area contributed by atoms with E-state index in [4.69, 9.17) is 9.97 Å². The molecule has 4 rings (SSSR count). The van der Waals surface area contributed by atoms with Crippen molar-refractivity contribution >= 4 is 27.6 Å². The Balaban J connectivity index is 2.25. The van der Waals surface area contributed by atoms with Gasteiger partial charge in [-0.25, -0.2) is 9.97 Å². The molecule has 4 aromatic rings. The molecule has 0 radical (unpaired) electrons. The van der Waals surface area contributed by atoms with Crippen molar-refractivity contribution < 1.29 is 0 Å². The fourth-order valence-corrected chi connectivity index (χ4v) is 2.97. The van der Waals surface area contributed by atoms with Gasteiger partial charge in [-0.2, -0.15) is 0 Å². The van der Waals surface area contributed by atoms with Gasteiger partial charge in [0.25, 0.3) is 0 Å². The summed E-state index contributed by atoms with van der Waals surface area (Å²) >= 11 is 0. The normalized spacial score (nSPS) is 11.7. The fourth-order valence-electron chi connectivity index (χ4n) is 2.97. The first kappa shape index (κ1) is 12.3. The summed E-state index contributed by atoms with van der Waals surface area (Å²) in [7, 11) is 0. The second-order valence-corrected chi connectivity index (χ2v) is 5.56. The molecule has 0 amide bonds. The minimum absolute atomic E-state index is 0.959. The van der Waals surface area contributed by atoms with Gasteiger partial charge < -0.3 is 0 Å². The SMILES string of the molecule is CCCc1nc2ccc(C)cc2c2nc3ccccc3n12. The number of hydrogen-bond donors (Lipinski definition) is 0. The van der Waals surface area contributed by atoms with E-state index >= 15 is 0 Å². The predicted molar refractivity (Wildman–Crippen MR) is 86.7 cm³/mol. The molecular formula is C18H17N3. The lowest BCUT2D eigenvalue weighted by atomic mass is 10.1. The van der Waals surface area contributed by atoms with E-state index in [0.717, 1.165) is 46.2 Å². The number of rotatable bonds is 2. The first-order chi connectivity index (χ1) is 10.3. The van der Waals surface area contributed by atoms with Crippen molar-refractivity contribution in [2.75, 3.05) is 0 Å². The average Bonchev–Trinajstić information content (AvgIpc) is 2.88. The van der Waals surface area contributed by atoms with Crippen molar-refractivity contribution in [3.63, 3.8) is 0 Å². The average molecular weight is 275 g/mol. The van der Waals surface area contributed by atoms with Crippen LogP contribution >= 0.6 is 0 Å². The van der Waals surface area contributed by atoms with E-state index in [0.29, 0.717) is 0 Å². The number of nitrogens with zero attached hydrogens (tertiary/aromatic N) is 3. The van der Waals surface area contributed by atoms with Gasteiger partial charge in [0.15, 0.2) is 0 Å². The summed E-state index contributed by atoms with van der Waals surface area (Å²) in [4.78, 5) is 9.73. The molecule has 0 aliphatic rings. The summed E-state index contributed by atoms with van der Waals surface area (Å²) in [5, 5.41) is 1.13. The van der Waals surface area contributed by atoms with Crippen molar-refractivity contribution in [2.45, 2.75) is 26.7 Å². The van der Waals surface area contributed by atoms with E-state index in [2.05, 4.69) is 54.6 Å². The molecule has 0 N–H and O–H groups in total. The number of fused-ring (bicyclic) bond motifs is 5. The highest BCUT2D eigenvalue weighted by Gasteiger charge is 2.13. The first-order valence-corrected chi connectivity index (χ1v) is 7.44. The molecule has 0 atom stereocenters. The molecule has 21 heavy (non-hydrogen) atoms. The number of aromatic nitrogens is 3. The van der Waals surface area contributed by atoms with Gasteiger partial charge >= 0.3 is 0 Å². The Labute approximate surface area is 123 Å². The molecule has 3 heteroatoms. The number of aryl methyl sites for hydroxylation is 2. The molecule has 0 saturated heterocycles. The molecule has 0 spiro atoms. The number of hydrogen-bond acceptors (Lipinski definition) is 2. The number of benzene rings is 2. The van der Waals surface area contributed by atoms with Crippen LogP contribution < -0.4 is 0 Å². The van der Waals surface area contributed by atoms with E-state index in [-0.39, 0.29) is 0 Å². The standard InChI is InChI=1S/C18H17N3/c1-3-6-17-19-14-10-9-12(2)11-13(14)18-20-15-7-4-5-8-16(15)21(17)18/h4-5,7-11H,3,6H2,1-2H3. The molecule has 0 aliphatic heterocycles. The largest absolute Gasteiger partial charge is 0.280 e. The van der Waals surface area contributed by atoms with Crippen LogP contribution in [0.5, 0.6) is 0 Å². The highest BCUT2D eigenvalue weighted by molar-refractivity contribution is 5.96. The second kappa shape index (κ2) is 4.55. The van der Waals surface area contributed by atoms with Gasteiger partial charge in [0.2, 0.25) is 0 Å². The van der Waals surface area contributed by atoms with Crippen molar-refractivity contribution in [3.05, 3.63) is 53.9 Å². The van der Waals surface area contributed by atoms with E-state index in [1.165, 1.54) is 5.56 Å². The maximum atomic E-state index is 4.88. The Kier molecular flexibility index (Phi) is 2.67. The van der Waals surface area contributed by atoms with Crippen molar-refractivity contribution in [3.8, 4) is 0 Å². The van der Waals surface area contributed by atoms with Crippen LogP contribution in [0.15, 0.2) is 42.5 Å². The van der Waals surface area contributed by atoms with E-state index < -0.39 is 0 Å². The lowest BCUT2D eigenvalue weighted by molar-refractivity contribution is 0.829. The van der Waals surface area contributed by atoms with Gasteiger partial charge in [0.1, 0.15) is 11.5 Å². The maximum absolute atomic E-state index is 4.88. The molecule has 0 fully saturated rings. The molecule has 2 heterocycles. The zero-order valence-electron chi connectivity index (χ0n) is 12.3. The van der Waals surface area contributed by atoms with E-state index in [9.17, 15) is 0 Å². The Morgan fingerprint density at radius 1 is 1.00 bits per heavy atom. The molecular weight excluding hydrogens is 258 g/mol. The third-order valence-electron chi connectivity index (χ3n) is 3.93. The van der Waals surface area contributed by atoms with Crippen LogP contribution in [0.25, 0.3) is 27.6 Å². The molecule has 0 aliphatic carbocycles. The van der Waals surface area contributed by atoms with Crippen LogP contribution in [0.3, 0.4) is 0 Å². The Morgan fingerprint density at radius 2 is 1.86 bits per heavy atom. The Hall–Kier alpha value is -2.42. The van der Waals surface area contributed by atoms with Crippen LogP contribution in [0, 0.1) is 6.92 Å². The van der Waals surface area contributed by atoms with Gasteiger partial charge in [-0.15, -0.1) is 0 Å². The fraction of sp³-hybridized carbons (Fsp3) is 0.222. The first-order valence-electron chi connectivity index (χ1n) is 7.44. The molecule has 2 aromatic heterocycles. The maximum Gasteiger partial charge on any atom is 0.148 e. The van der Waals surface area contributed by atoms with Crippen LogP contribution in [0.1, 0.15) is 24.7 Å². The minimum atomic E-state index is 0.959. The quantitative estimate of drug-likeness (QED) is 0.546. The van der Waals surface area contributed by atoms with Crippen LogP contribution in [-0.4, -0.2) is 14.4 Å².